The average Bonchev–Trinajstić information content (AvgIpc) is 3.40. The number of nitrogens with zero attached hydrogens (tertiary/aromatic N) is 2. The van der Waals surface area contributed by atoms with E-state index in [1.807, 2.05) is 0 Å². The number of amidine groups is 1. The fourth-order valence-electron chi connectivity index (χ4n) is 5.72. The lowest BCUT2D eigenvalue weighted by atomic mass is 9.92. The fraction of sp³-hybridized carbons (Fsp3) is 0.344. The van der Waals surface area contributed by atoms with Crippen molar-refractivity contribution in [1.82, 2.24) is 19.9 Å². The van der Waals surface area contributed by atoms with Gasteiger partial charge >= 0.3 is 5.69 Å². The van der Waals surface area contributed by atoms with Crippen molar-refractivity contribution in [3.63, 3.8) is 0 Å². The molecule has 232 valence electrons. The number of nitrogens with one attached hydrogen (secondary N) is 3. The van der Waals surface area contributed by atoms with E-state index in [1.165, 1.54) is 22.4 Å². The van der Waals surface area contributed by atoms with Gasteiger partial charge in [-0.2, -0.15) is 4.98 Å². The molecular formula is C32H36ClF2N7OS. The standard InChI is InChI=1S/C32H36ClF2N7OS/c1-2-20(36)6-3-5-18-13-24(29(35)25(33)14-18)28-15-19-17-42(32(43)41-30(19)40-28)22-9-10-23(26(34)16-22)27-8-4-7-21(39-27)11-12-44-31(37)38/h2,9-10,13-17,20-21,27,39H,1,3-8,11-12,36H2,(H3,37,38)(H,40,41,43)/t20-,21-,27-/m0/s1. The third kappa shape index (κ3) is 7.40. The molecule has 2 aromatic carbocycles. The summed E-state index contributed by atoms with van der Waals surface area (Å²) < 4.78 is 31.9. The summed E-state index contributed by atoms with van der Waals surface area (Å²) in [5, 5.41) is 11.6. The van der Waals surface area contributed by atoms with Crippen LogP contribution in [-0.2, 0) is 6.42 Å². The zero-order valence-corrected chi connectivity index (χ0v) is 25.8. The molecule has 3 heterocycles. The van der Waals surface area contributed by atoms with Crippen molar-refractivity contribution in [2.45, 2.75) is 63.1 Å². The summed E-state index contributed by atoms with van der Waals surface area (Å²) >= 11 is 7.55. The molecule has 12 heteroatoms. The SMILES string of the molecule is C=C[C@H](N)CCCc1cc(Cl)c(F)c(-c2cc3cn(-c4ccc([C@@H]5CCC[C@@H](CCSC(=N)N)N5)c(F)c4)c(=O)nc3[nH]2)c1. The van der Waals surface area contributed by atoms with Gasteiger partial charge in [-0.05, 0) is 74.4 Å². The van der Waals surface area contributed by atoms with Crippen LogP contribution in [0.2, 0.25) is 5.02 Å². The summed E-state index contributed by atoms with van der Waals surface area (Å²) in [6.07, 6.45) is 9.05. The highest BCUT2D eigenvalue weighted by Gasteiger charge is 2.25. The Morgan fingerprint density at radius 3 is 2.84 bits per heavy atom. The lowest BCUT2D eigenvalue weighted by Gasteiger charge is -2.31. The smallest absolute Gasteiger partial charge is 0.354 e. The Hall–Kier alpha value is -3.51. The van der Waals surface area contributed by atoms with Gasteiger partial charge in [0.1, 0.15) is 11.5 Å². The van der Waals surface area contributed by atoms with Crippen LogP contribution in [0, 0.1) is 17.0 Å². The van der Waals surface area contributed by atoms with Crippen molar-refractivity contribution in [2.24, 2.45) is 11.5 Å². The Balaban J connectivity index is 1.37. The first-order valence-corrected chi connectivity index (χ1v) is 16.0. The van der Waals surface area contributed by atoms with Gasteiger partial charge in [-0.15, -0.1) is 6.58 Å². The maximum atomic E-state index is 15.5. The molecule has 0 spiro atoms. The first-order chi connectivity index (χ1) is 21.1. The van der Waals surface area contributed by atoms with Crippen molar-refractivity contribution < 1.29 is 8.78 Å². The molecule has 1 aliphatic rings. The minimum absolute atomic E-state index is 0.000929. The number of aromatic amines is 1. The number of fused-ring (bicyclic) bond motifs is 1. The Labute approximate surface area is 263 Å². The molecule has 0 saturated carbocycles. The number of hydrogen-bond acceptors (Lipinski definition) is 6. The third-order valence-electron chi connectivity index (χ3n) is 8.04. The van der Waals surface area contributed by atoms with Gasteiger partial charge in [0.25, 0.3) is 0 Å². The summed E-state index contributed by atoms with van der Waals surface area (Å²) in [5.74, 6) is -0.256. The molecule has 3 atom stereocenters. The number of thioether (sulfide) groups is 1. The summed E-state index contributed by atoms with van der Waals surface area (Å²) in [6.45, 7) is 3.70. The van der Waals surface area contributed by atoms with E-state index in [0.29, 0.717) is 28.8 Å². The molecule has 0 unspecified atom stereocenters. The number of aromatic nitrogens is 3. The quantitative estimate of drug-likeness (QED) is 0.0737. The number of halogens is 3. The number of benzene rings is 2. The molecule has 8 nitrogen and oxygen atoms in total. The van der Waals surface area contributed by atoms with E-state index >= 15 is 8.78 Å². The van der Waals surface area contributed by atoms with E-state index < -0.39 is 17.3 Å². The fourth-order valence-corrected chi connectivity index (χ4v) is 6.59. The average molecular weight is 640 g/mol. The van der Waals surface area contributed by atoms with Crippen molar-refractivity contribution in [3.05, 3.63) is 93.5 Å². The Morgan fingerprint density at radius 2 is 2.09 bits per heavy atom. The second-order valence-electron chi connectivity index (χ2n) is 11.2. The highest BCUT2D eigenvalue weighted by molar-refractivity contribution is 8.13. The Bertz CT molecular complexity index is 1740. The van der Waals surface area contributed by atoms with Crippen molar-refractivity contribution in [2.75, 3.05) is 5.75 Å². The predicted molar refractivity (Wildman–Crippen MR) is 176 cm³/mol. The normalized spacial score (nSPS) is 17.5. The summed E-state index contributed by atoms with van der Waals surface area (Å²) in [5.41, 5.74) is 13.5. The van der Waals surface area contributed by atoms with Crippen LogP contribution >= 0.6 is 23.4 Å². The van der Waals surface area contributed by atoms with Crippen LogP contribution in [0.25, 0.3) is 28.0 Å². The minimum atomic E-state index is -0.595. The lowest BCUT2D eigenvalue weighted by molar-refractivity contribution is 0.314. The van der Waals surface area contributed by atoms with Crippen LogP contribution in [0.15, 0.2) is 60.0 Å². The van der Waals surface area contributed by atoms with Gasteiger partial charge < -0.3 is 21.8 Å². The van der Waals surface area contributed by atoms with E-state index in [9.17, 15) is 4.79 Å². The second kappa shape index (κ2) is 14.1. The van der Waals surface area contributed by atoms with Crippen LogP contribution in [0.3, 0.4) is 0 Å². The molecule has 4 aromatic rings. The topological polar surface area (TPSA) is 139 Å². The summed E-state index contributed by atoms with van der Waals surface area (Å²) in [4.78, 5) is 20.2. The molecule has 0 amide bonds. The summed E-state index contributed by atoms with van der Waals surface area (Å²) in [7, 11) is 0. The number of rotatable bonds is 11. The number of hydrogen-bond donors (Lipinski definition) is 5. The second-order valence-corrected chi connectivity index (χ2v) is 12.7. The molecule has 1 aliphatic heterocycles. The van der Waals surface area contributed by atoms with E-state index in [1.54, 1.807) is 42.6 Å². The first kappa shape index (κ1) is 31.9. The number of H-pyrrole nitrogens is 1. The van der Waals surface area contributed by atoms with Crippen molar-refractivity contribution in [3.8, 4) is 16.9 Å². The minimum Gasteiger partial charge on any atom is -0.379 e. The zero-order chi connectivity index (χ0) is 31.4. The molecule has 1 saturated heterocycles. The molecule has 0 aliphatic carbocycles. The number of piperidine rings is 1. The van der Waals surface area contributed by atoms with Gasteiger partial charge in [0.15, 0.2) is 11.0 Å². The van der Waals surface area contributed by atoms with Crippen molar-refractivity contribution >= 4 is 39.6 Å². The third-order valence-corrected chi connectivity index (χ3v) is 9.06. The molecule has 0 radical (unpaired) electrons. The summed E-state index contributed by atoms with van der Waals surface area (Å²) in [6, 6.07) is 9.77. The Kier molecular flexibility index (Phi) is 10.2. The first-order valence-electron chi connectivity index (χ1n) is 14.6. The van der Waals surface area contributed by atoms with Crippen LogP contribution in [0.1, 0.15) is 55.7 Å². The number of aryl methyl sites for hydroxylation is 1. The molecule has 1 fully saturated rings. The largest absolute Gasteiger partial charge is 0.379 e. The predicted octanol–water partition coefficient (Wildman–Crippen LogP) is 6.35. The molecular weight excluding hydrogens is 604 g/mol. The van der Waals surface area contributed by atoms with Gasteiger partial charge in [-0.3, -0.25) is 9.98 Å². The highest BCUT2D eigenvalue weighted by atomic mass is 35.5. The van der Waals surface area contributed by atoms with Gasteiger partial charge in [-0.1, -0.05) is 41.9 Å². The molecule has 0 bridgehead atoms. The van der Waals surface area contributed by atoms with E-state index in [-0.39, 0.29) is 39.5 Å². The molecule has 7 N–H and O–H groups in total. The van der Waals surface area contributed by atoms with Gasteiger partial charge in [0.05, 0.1) is 16.4 Å². The van der Waals surface area contributed by atoms with Crippen LogP contribution in [0.5, 0.6) is 0 Å². The van der Waals surface area contributed by atoms with Gasteiger partial charge in [-0.25, -0.2) is 13.6 Å². The zero-order valence-electron chi connectivity index (χ0n) is 24.2. The molecule has 2 aromatic heterocycles. The maximum absolute atomic E-state index is 15.5. The van der Waals surface area contributed by atoms with Gasteiger partial charge in [0.2, 0.25) is 0 Å². The molecule has 44 heavy (non-hydrogen) atoms. The lowest BCUT2D eigenvalue weighted by Crippen LogP contribution is -2.37. The van der Waals surface area contributed by atoms with Crippen molar-refractivity contribution in [1.29, 1.82) is 5.41 Å². The van der Waals surface area contributed by atoms with E-state index in [2.05, 4.69) is 21.9 Å². The Morgan fingerprint density at radius 1 is 1.27 bits per heavy atom. The van der Waals surface area contributed by atoms with E-state index in [4.69, 9.17) is 28.5 Å². The maximum Gasteiger partial charge on any atom is 0.354 e. The van der Waals surface area contributed by atoms with Crippen LogP contribution < -0.4 is 22.5 Å². The highest BCUT2D eigenvalue weighted by Crippen LogP contribution is 2.32. The van der Waals surface area contributed by atoms with Crippen LogP contribution in [-0.4, -0.2) is 37.5 Å². The molecule has 5 rings (SSSR count). The van der Waals surface area contributed by atoms with E-state index in [0.717, 1.165) is 49.8 Å². The number of nitrogens with two attached hydrogens (primary N) is 2. The van der Waals surface area contributed by atoms with Gasteiger partial charge in [0, 0.05) is 46.6 Å². The monoisotopic (exact) mass is 639 g/mol. The van der Waals surface area contributed by atoms with Crippen LogP contribution in [0.4, 0.5) is 8.78 Å².